The molecular weight excluding hydrogens is 1730 g/mol. The Morgan fingerprint density at radius 3 is 1.55 bits per heavy atom. The standard InChI is InChI=1S/C22H24F2N4O3.C22H25F2N3O2S.C21H23N5.C20H17N5O.C16H17N5/c1-13-10-16(8-9-17(13)31-20(23)24)22(19(30)28(4)21(25)26-22)15-7-5-6-14(11-15)12-18(29)27(2)3;1-13-5-6-15(12-17(13)18-4-3-11-30-18)22(19(28)27(2)21(25)26-22)14-7-9-16(10-8-14)29-20(23)24;1-6-8-18-12-23-13-19(24-18)16-9-7-10-17(11-16)21(14(2)3)15(4)26(5)20(22)25-21;1-25-18(26)20(24-19(25)21,16-7-3-2-4-8-16)17-9-5-6-14(10-17)15-11-22-13-23-12-15;1-11-16(2,20-15(17)21(11)3)14-6-4-5-12(7-14)13-8-18-10-19-9-13/h5-11,20H,12H2,1-4H3,(H2,25,26);3-4,7-11,13,15,17,20H,5-6,12H2,1-2H3,(H2,25,26);7,9-14H,4H2,1-3,5H3,(H2,22,25);2-13H,1H3,(H2,21,24);4-10H,1H2,2-3H3,(H2,17,20). The van der Waals surface area contributed by atoms with E-state index >= 15 is 0 Å². The Morgan fingerprint density at radius 1 is 0.530 bits per heavy atom. The third-order valence-electron chi connectivity index (χ3n) is 25.1. The molecule has 11 aromatic rings. The van der Waals surface area contributed by atoms with Crippen LogP contribution in [0.15, 0.2) is 287 Å². The second-order valence-electron chi connectivity index (χ2n) is 33.7. The Morgan fingerprint density at radius 2 is 1.04 bits per heavy atom. The number of likely N-dealkylation sites (N-methyl/N-ethyl adjacent to an activating group) is 6. The number of benzene rings is 7. The number of guanidine groups is 5. The molecule has 1 fully saturated rings. The highest BCUT2D eigenvalue weighted by atomic mass is 32.1. The SMILES string of the molecule is C=C1N(C)C(N)=NC1(C)c1cccc(-c2cncnc2)c1.C=C1N(C)C(N)=NC1(c1cccc(-c2cncc(C#CC)n2)c1)C(C)C.CC1CCC(C2(c3ccc(OC(F)F)cc3)N=C(N)N(C)C2=O)CC1c1cccs1.CN1C(=O)C(c2ccccc2)(c2cccc(-c3cncnc3)c2)N=C1N.Cc1cc(C2(c3cccc(CC(=O)N(C)C)c3)N=C(N)N(C)C2=O)ccc1OC(F)F. The molecule has 1 aliphatic carbocycles. The van der Waals surface area contributed by atoms with Gasteiger partial charge in [0.2, 0.25) is 5.91 Å². The first kappa shape index (κ1) is 96.2. The van der Waals surface area contributed by atoms with Crippen LogP contribution in [0.5, 0.6) is 11.5 Å². The molecule has 1 saturated carbocycles. The summed E-state index contributed by atoms with van der Waals surface area (Å²) in [7, 11) is 11.9. The van der Waals surface area contributed by atoms with Crippen molar-refractivity contribution >= 4 is 64.8 Å². The molecule has 8 unspecified atom stereocenters. The van der Waals surface area contributed by atoms with Gasteiger partial charge in [0.1, 0.15) is 40.9 Å². The van der Waals surface area contributed by atoms with E-state index in [9.17, 15) is 36.7 Å². The van der Waals surface area contributed by atoms with Gasteiger partial charge in [-0.2, -0.15) is 17.6 Å². The van der Waals surface area contributed by atoms with E-state index in [1.807, 2.05) is 116 Å². The maximum atomic E-state index is 13.5. The Hall–Kier alpha value is -15.3. The zero-order valence-electron chi connectivity index (χ0n) is 76.6. The molecule has 6 aliphatic rings. The predicted octanol–water partition coefficient (Wildman–Crippen LogP) is 14.3. The second-order valence-corrected chi connectivity index (χ2v) is 34.7. The van der Waals surface area contributed by atoms with Gasteiger partial charge in [-0.05, 0) is 185 Å². The van der Waals surface area contributed by atoms with Gasteiger partial charge in [-0.1, -0.05) is 173 Å². The lowest BCUT2D eigenvalue weighted by Gasteiger charge is -2.41. The fourth-order valence-electron chi connectivity index (χ4n) is 17.5. The minimum atomic E-state index is -2.96. The molecule has 33 heteroatoms. The van der Waals surface area contributed by atoms with Gasteiger partial charge in [0.15, 0.2) is 46.4 Å². The van der Waals surface area contributed by atoms with Crippen LogP contribution < -0.4 is 38.1 Å². The van der Waals surface area contributed by atoms with E-state index in [0.717, 1.165) is 86.4 Å². The Bertz CT molecular complexity index is 6440. The number of amides is 4. The molecule has 0 saturated heterocycles. The molecule has 4 aromatic heterocycles. The summed E-state index contributed by atoms with van der Waals surface area (Å²) in [5.74, 6) is 7.41. The lowest BCUT2D eigenvalue weighted by atomic mass is 9.65. The number of aryl methyl sites for hydroxylation is 1. The van der Waals surface area contributed by atoms with E-state index < -0.39 is 40.9 Å². The molecule has 17 rings (SSSR count). The number of aromatic nitrogens is 6. The quantitative estimate of drug-likeness (QED) is 0.0371. The largest absolute Gasteiger partial charge is 0.435 e. The highest BCUT2D eigenvalue weighted by Crippen LogP contribution is 2.53. The molecule has 0 spiro atoms. The van der Waals surface area contributed by atoms with Crippen molar-refractivity contribution in [1.82, 2.24) is 59.3 Å². The van der Waals surface area contributed by atoms with Crippen molar-refractivity contribution in [3.8, 4) is 56.9 Å². The average Bonchev–Trinajstić information content (AvgIpc) is 1.49. The molecular formula is C101H106F4N22O6S. The van der Waals surface area contributed by atoms with Gasteiger partial charge in [-0.15, -0.1) is 11.3 Å². The smallest absolute Gasteiger partial charge is 0.387 e. The Kier molecular flexibility index (Phi) is 28.9. The number of alkyl halides is 4. The molecule has 10 N–H and O–H groups in total. The topological polar surface area (TPSA) is 375 Å². The van der Waals surface area contributed by atoms with Gasteiger partial charge in [-0.3, -0.25) is 38.9 Å². The first-order valence-electron chi connectivity index (χ1n) is 43.0. The normalized spacial score (nSPS) is 21.7. The minimum absolute atomic E-state index is 0.00924. The summed E-state index contributed by atoms with van der Waals surface area (Å²) in [5, 5.41) is 2.08. The van der Waals surface area contributed by atoms with Gasteiger partial charge in [0, 0.05) is 107 Å². The molecule has 690 valence electrons. The zero-order valence-corrected chi connectivity index (χ0v) is 77.4. The molecule has 5 aliphatic heterocycles. The summed E-state index contributed by atoms with van der Waals surface area (Å²) < 4.78 is 59.4. The number of hydrogen-bond donors (Lipinski definition) is 5. The summed E-state index contributed by atoms with van der Waals surface area (Å²) in [6.45, 7) is 14.5. The predicted molar refractivity (Wildman–Crippen MR) is 512 cm³/mol. The number of ether oxygens (including phenoxy) is 2. The van der Waals surface area contributed by atoms with Gasteiger partial charge in [-0.25, -0.2) is 49.9 Å². The molecule has 134 heavy (non-hydrogen) atoms. The van der Waals surface area contributed by atoms with Gasteiger partial charge in [0.05, 0.1) is 24.5 Å². The van der Waals surface area contributed by atoms with Crippen LogP contribution in [0.4, 0.5) is 17.6 Å². The molecule has 0 bridgehead atoms. The Labute approximate surface area is 780 Å². The number of rotatable bonds is 19. The van der Waals surface area contributed by atoms with Crippen molar-refractivity contribution in [2.24, 2.45) is 71.4 Å². The molecule has 0 radical (unpaired) electrons. The van der Waals surface area contributed by atoms with Gasteiger partial charge in [0.25, 0.3) is 17.7 Å². The third kappa shape index (κ3) is 19.1. The summed E-state index contributed by atoms with van der Waals surface area (Å²) in [5.41, 5.74) is 39.5. The molecule has 7 aromatic carbocycles. The van der Waals surface area contributed by atoms with Crippen LogP contribution >= 0.6 is 11.3 Å². The van der Waals surface area contributed by atoms with E-state index in [0.29, 0.717) is 57.3 Å². The van der Waals surface area contributed by atoms with Crippen LogP contribution in [0.25, 0.3) is 33.5 Å². The summed E-state index contributed by atoms with van der Waals surface area (Å²) in [4.78, 5) is 111. The zero-order chi connectivity index (χ0) is 96.5. The molecule has 28 nitrogen and oxygen atoms in total. The fourth-order valence-corrected chi connectivity index (χ4v) is 18.4. The number of carbonyl (C=O) groups excluding carboxylic acids is 4. The van der Waals surface area contributed by atoms with E-state index in [4.69, 9.17) is 38.7 Å². The number of nitrogens with two attached hydrogens (primary N) is 5. The summed E-state index contributed by atoms with van der Waals surface area (Å²) in [6.07, 6.45) is 16.3. The van der Waals surface area contributed by atoms with E-state index in [2.05, 4.69) is 136 Å². The summed E-state index contributed by atoms with van der Waals surface area (Å²) >= 11 is 1.74. The van der Waals surface area contributed by atoms with E-state index in [1.165, 1.54) is 68.4 Å². The van der Waals surface area contributed by atoms with E-state index in [-0.39, 0.29) is 71.3 Å². The van der Waals surface area contributed by atoms with E-state index in [1.54, 1.807) is 133 Å². The monoisotopic (exact) mass is 1830 g/mol. The van der Waals surface area contributed by atoms with Crippen molar-refractivity contribution in [3.63, 3.8) is 0 Å². The van der Waals surface area contributed by atoms with Crippen molar-refractivity contribution in [1.29, 1.82) is 0 Å². The van der Waals surface area contributed by atoms with Gasteiger partial charge < -0.3 is 52.8 Å². The number of nitrogens with zero attached hydrogens (tertiary/aromatic N) is 17. The first-order valence-corrected chi connectivity index (χ1v) is 43.9. The highest BCUT2D eigenvalue weighted by Gasteiger charge is 2.56. The maximum Gasteiger partial charge on any atom is 0.387 e. The number of hydrogen-bond acceptors (Lipinski definition) is 25. The highest BCUT2D eigenvalue weighted by molar-refractivity contribution is 7.10. The van der Waals surface area contributed by atoms with Crippen molar-refractivity contribution < 1.29 is 46.2 Å². The van der Waals surface area contributed by atoms with Crippen molar-refractivity contribution in [2.75, 3.05) is 49.3 Å². The molecule has 9 heterocycles. The average molecular weight is 1830 g/mol. The number of aliphatic imine (C=N–C) groups is 5. The second kappa shape index (κ2) is 40.2. The van der Waals surface area contributed by atoms with Crippen LogP contribution in [-0.2, 0) is 53.3 Å². The van der Waals surface area contributed by atoms with Crippen LogP contribution in [0.1, 0.15) is 120 Å². The number of carbonyl (C=O) groups is 4. The van der Waals surface area contributed by atoms with Gasteiger partial charge >= 0.3 is 13.2 Å². The number of thiophene rings is 1. The van der Waals surface area contributed by atoms with Crippen molar-refractivity contribution in [3.05, 3.63) is 322 Å². The van der Waals surface area contributed by atoms with Crippen LogP contribution in [0, 0.1) is 36.5 Å². The first-order chi connectivity index (χ1) is 63.9. The van der Waals surface area contributed by atoms with Crippen molar-refractivity contribution in [2.45, 2.75) is 114 Å². The number of halogens is 4. The lowest BCUT2D eigenvalue weighted by Crippen LogP contribution is -2.46. The Balaban J connectivity index is 0.000000143. The van der Waals surface area contributed by atoms with Crippen LogP contribution in [-0.4, -0.2) is 175 Å². The van der Waals surface area contributed by atoms with Crippen LogP contribution in [0.3, 0.4) is 0 Å². The lowest BCUT2D eigenvalue weighted by molar-refractivity contribution is -0.133. The minimum Gasteiger partial charge on any atom is -0.435 e. The molecule has 4 amide bonds. The third-order valence-corrected chi connectivity index (χ3v) is 26.1. The fraction of sp³-hybridized carbons (Fsp3) is 0.277. The summed E-state index contributed by atoms with van der Waals surface area (Å²) in [6, 6.07) is 55.4. The maximum absolute atomic E-state index is 13.5. The van der Waals surface area contributed by atoms with Crippen LogP contribution in [0.2, 0.25) is 0 Å². The molecule has 8 atom stereocenters.